The van der Waals surface area contributed by atoms with Crippen LogP contribution in [0.1, 0.15) is 12.0 Å². The summed E-state index contributed by atoms with van der Waals surface area (Å²) in [6, 6.07) is 13.8. The molecule has 2 nitrogen and oxygen atoms in total. The fourth-order valence-electron chi connectivity index (χ4n) is 1.92. The molecule has 0 bridgehead atoms. The lowest BCUT2D eigenvalue weighted by Crippen LogP contribution is -1.99. The van der Waals surface area contributed by atoms with Gasteiger partial charge in [-0.1, -0.05) is 42.5 Å². The van der Waals surface area contributed by atoms with E-state index in [1.807, 2.05) is 24.3 Å². The van der Waals surface area contributed by atoms with Gasteiger partial charge < -0.3 is 5.11 Å². The van der Waals surface area contributed by atoms with Crippen LogP contribution in [-0.2, 0) is 11.2 Å². The van der Waals surface area contributed by atoms with E-state index < -0.39 is 5.97 Å². The second kappa shape index (κ2) is 5.45. The van der Waals surface area contributed by atoms with Crippen molar-refractivity contribution in [2.75, 3.05) is 0 Å². The van der Waals surface area contributed by atoms with E-state index in [4.69, 9.17) is 5.11 Å². The zero-order valence-electron chi connectivity index (χ0n) is 9.77. The van der Waals surface area contributed by atoms with E-state index in [-0.39, 0.29) is 12.2 Å². The highest BCUT2D eigenvalue weighted by Gasteiger charge is 2.09. The number of rotatable bonds is 4. The quantitative estimate of drug-likeness (QED) is 0.893. The Bertz CT molecular complexity index is 564. The zero-order chi connectivity index (χ0) is 13.0. The van der Waals surface area contributed by atoms with Gasteiger partial charge in [0.05, 0.1) is 0 Å². The van der Waals surface area contributed by atoms with E-state index in [9.17, 15) is 9.18 Å². The predicted molar refractivity (Wildman–Crippen MR) is 67.8 cm³/mol. The van der Waals surface area contributed by atoms with Crippen LogP contribution in [0.3, 0.4) is 0 Å². The Morgan fingerprint density at radius 1 is 1.00 bits per heavy atom. The second-order valence-electron chi connectivity index (χ2n) is 4.03. The Morgan fingerprint density at radius 3 is 2.28 bits per heavy atom. The standard InChI is InChI=1S/C15H13FO2/c16-14-8-4-3-7-13(14)12-6-2-1-5-11(12)9-10-15(17)18/h1-8H,9-10H2,(H,17,18). The molecule has 0 aliphatic rings. The summed E-state index contributed by atoms with van der Waals surface area (Å²) in [6.07, 6.45) is 0.450. The molecular weight excluding hydrogens is 231 g/mol. The van der Waals surface area contributed by atoms with Crippen LogP contribution in [0.4, 0.5) is 4.39 Å². The molecule has 3 heteroatoms. The van der Waals surface area contributed by atoms with Crippen molar-refractivity contribution in [2.24, 2.45) is 0 Å². The molecule has 0 fully saturated rings. The van der Waals surface area contributed by atoms with Crippen molar-refractivity contribution < 1.29 is 14.3 Å². The SMILES string of the molecule is O=C(O)CCc1ccccc1-c1ccccc1F. The maximum atomic E-state index is 13.7. The minimum atomic E-state index is -0.849. The van der Waals surface area contributed by atoms with Crippen molar-refractivity contribution in [1.82, 2.24) is 0 Å². The summed E-state index contributed by atoms with van der Waals surface area (Å²) in [5.41, 5.74) is 2.13. The topological polar surface area (TPSA) is 37.3 Å². The fourth-order valence-corrected chi connectivity index (χ4v) is 1.92. The van der Waals surface area contributed by atoms with Gasteiger partial charge in [0.25, 0.3) is 0 Å². The van der Waals surface area contributed by atoms with Gasteiger partial charge in [0.2, 0.25) is 0 Å². The first-order valence-electron chi connectivity index (χ1n) is 5.73. The molecule has 2 aromatic carbocycles. The number of carbonyl (C=O) groups is 1. The summed E-state index contributed by atoms with van der Waals surface area (Å²) in [7, 11) is 0. The number of hydrogen-bond acceptors (Lipinski definition) is 1. The van der Waals surface area contributed by atoms with Gasteiger partial charge in [-0.3, -0.25) is 4.79 Å². The van der Waals surface area contributed by atoms with E-state index in [1.54, 1.807) is 18.2 Å². The highest BCUT2D eigenvalue weighted by Crippen LogP contribution is 2.26. The molecule has 0 saturated heterocycles. The van der Waals surface area contributed by atoms with Gasteiger partial charge in [-0.2, -0.15) is 0 Å². The van der Waals surface area contributed by atoms with Gasteiger partial charge >= 0.3 is 5.97 Å². The van der Waals surface area contributed by atoms with Gasteiger partial charge in [0.15, 0.2) is 0 Å². The van der Waals surface area contributed by atoms with Gasteiger partial charge in [-0.05, 0) is 23.6 Å². The largest absolute Gasteiger partial charge is 0.481 e. The highest BCUT2D eigenvalue weighted by atomic mass is 19.1. The minimum absolute atomic E-state index is 0.0471. The van der Waals surface area contributed by atoms with Crippen molar-refractivity contribution in [2.45, 2.75) is 12.8 Å². The fraction of sp³-hybridized carbons (Fsp3) is 0.133. The second-order valence-corrected chi connectivity index (χ2v) is 4.03. The molecule has 0 saturated carbocycles. The number of aryl methyl sites for hydroxylation is 1. The molecule has 0 aliphatic heterocycles. The summed E-state index contributed by atoms with van der Waals surface area (Å²) >= 11 is 0. The first kappa shape index (κ1) is 12.3. The van der Waals surface area contributed by atoms with Gasteiger partial charge in [-0.15, -0.1) is 0 Å². The summed E-state index contributed by atoms with van der Waals surface area (Å²) in [4.78, 5) is 10.6. The van der Waals surface area contributed by atoms with E-state index in [0.717, 1.165) is 11.1 Å². The summed E-state index contributed by atoms with van der Waals surface area (Å²) in [5.74, 6) is -1.14. The van der Waals surface area contributed by atoms with Crippen molar-refractivity contribution in [3.05, 3.63) is 59.9 Å². The van der Waals surface area contributed by atoms with E-state index in [2.05, 4.69) is 0 Å². The van der Waals surface area contributed by atoms with Crippen molar-refractivity contribution in [3.63, 3.8) is 0 Å². The Morgan fingerprint density at radius 2 is 1.61 bits per heavy atom. The lowest BCUT2D eigenvalue weighted by molar-refractivity contribution is -0.136. The van der Waals surface area contributed by atoms with Crippen LogP contribution in [0.2, 0.25) is 0 Å². The molecule has 2 aromatic rings. The first-order valence-corrected chi connectivity index (χ1v) is 5.73. The molecular formula is C15H13FO2. The molecule has 2 rings (SSSR count). The average molecular weight is 244 g/mol. The van der Waals surface area contributed by atoms with Crippen LogP contribution < -0.4 is 0 Å². The smallest absolute Gasteiger partial charge is 0.303 e. The van der Waals surface area contributed by atoms with Crippen LogP contribution >= 0.6 is 0 Å². The van der Waals surface area contributed by atoms with Crippen molar-refractivity contribution in [3.8, 4) is 11.1 Å². The van der Waals surface area contributed by atoms with Crippen LogP contribution in [0, 0.1) is 5.82 Å². The van der Waals surface area contributed by atoms with Gasteiger partial charge in [0, 0.05) is 12.0 Å². The third-order valence-corrected chi connectivity index (χ3v) is 2.79. The van der Waals surface area contributed by atoms with E-state index >= 15 is 0 Å². The molecule has 0 unspecified atom stereocenters. The van der Waals surface area contributed by atoms with Crippen LogP contribution in [0.25, 0.3) is 11.1 Å². The van der Waals surface area contributed by atoms with Crippen LogP contribution in [-0.4, -0.2) is 11.1 Å². The summed E-state index contributed by atoms with van der Waals surface area (Å²) in [6.45, 7) is 0. The normalized spacial score (nSPS) is 10.3. The maximum absolute atomic E-state index is 13.7. The summed E-state index contributed by atoms with van der Waals surface area (Å²) < 4.78 is 13.7. The van der Waals surface area contributed by atoms with Crippen molar-refractivity contribution >= 4 is 5.97 Å². The highest BCUT2D eigenvalue weighted by molar-refractivity contribution is 5.70. The molecule has 0 spiro atoms. The Hall–Kier alpha value is -2.16. The van der Waals surface area contributed by atoms with Crippen LogP contribution in [0.5, 0.6) is 0 Å². The number of halogens is 1. The number of hydrogen-bond donors (Lipinski definition) is 1. The molecule has 0 aromatic heterocycles. The average Bonchev–Trinajstić information content (AvgIpc) is 2.37. The monoisotopic (exact) mass is 244 g/mol. The van der Waals surface area contributed by atoms with E-state index in [0.29, 0.717) is 12.0 Å². The third-order valence-electron chi connectivity index (χ3n) is 2.79. The molecule has 0 heterocycles. The number of carboxylic acids is 1. The third kappa shape index (κ3) is 2.74. The minimum Gasteiger partial charge on any atom is -0.481 e. The number of aliphatic carboxylic acids is 1. The zero-order valence-corrected chi connectivity index (χ0v) is 9.77. The number of benzene rings is 2. The molecule has 0 amide bonds. The molecule has 0 radical (unpaired) electrons. The molecule has 1 N–H and O–H groups in total. The molecule has 18 heavy (non-hydrogen) atoms. The lowest BCUT2D eigenvalue weighted by atomic mass is 9.96. The maximum Gasteiger partial charge on any atom is 0.303 e. The predicted octanol–water partition coefficient (Wildman–Crippen LogP) is 3.51. The van der Waals surface area contributed by atoms with E-state index in [1.165, 1.54) is 6.07 Å². The molecule has 0 atom stereocenters. The molecule has 0 aliphatic carbocycles. The first-order chi connectivity index (χ1) is 8.68. The summed E-state index contributed by atoms with van der Waals surface area (Å²) in [5, 5.41) is 8.72. The van der Waals surface area contributed by atoms with Crippen molar-refractivity contribution in [1.29, 1.82) is 0 Å². The van der Waals surface area contributed by atoms with Crippen LogP contribution in [0.15, 0.2) is 48.5 Å². The Labute approximate surface area is 105 Å². The Kier molecular flexibility index (Phi) is 3.72. The van der Waals surface area contributed by atoms with Gasteiger partial charge in [0.1, 0.15) is 5.82 Å². The Balaban J connectivity index is 2.39. The molecule has 92 valence electrons. The van der Waals surface area contributed by atoms with Gasteiger partial charge in [-0.25, -0.2) is 4.39 Å². The lowest BCUT2D eigenvalue weighted by Gasteiger charge is -2.09. The number of carboxylic acid groups (broad SMARTS) is 1.